The summed E-state index contributed by atoms with van der Waals surface area (Å²) in [5, 5.41) is 20.2. The second kappa shape index (κ2) is 8.11. The number of β-amino-alcohol motifs (C(OH)–C–C–N with tert-alkyl or cyclic N) is 2. The Hall–Kier alpha value is -1.42. The molecule has 0 spiro atoms. The molecule has 8 nitrogen and oxygen atoms in total. The highest BCUT2D eigenvalue weighted by molar-refractivity contribution is 7.96. The van der Waals surface area contributed by atoms with Crippen LogP contribution in [0.25, 0.3) is 0 Å². The second-order valence-electron chi connectivity index (χ2n) is 6.10. The first-order valence-corrected chi connectivity index (χ1v) is 8.41. The van der Waals surface area contributed by atoms with E-state index in [2.05, 4.69) is 12.6 Å². The summed E-state index contributed by atoms with van der Waals surface area (Å²) in [6, 6.07) is 0.700. The standard InChI is InChI=1S/C15H23N3O5S/c1-2-3-12(14(22)24)17-7-10(19)6-16-5-4-13(21)18(15(16)23)9-11(20)8-17/h4-5,10-12,19-20H,2-3,6-9H2,1H3,(H,22,24). The van der Waals surface area contributed by atoms with Gasteiger partial charge in [-0.25, -0.2) is 4.79 Å². The molecule has 0 saturated carbocycles. The highest BCUT2D eigenvalue weighted by Crippen LogP contribution is 2.13. The highest BCUT2D eigenvalue weighted by Gasteiger charge is 2.28. The van der Waals surface area contributed by atoms with Crippen molar-refractivity contribution in [3.63, 3.8) is 0 Å². The molecule has 2 bridgehead atoms. The summed E-state index contributed by atoms with van der Waals surface area (Å²) in [6.45, 7) is 1.96. The Bertz CT molecular complexity index is 701. The zero-order valence-corrected chi connectivity index (χ0v) is 14.4. The van der Waals surface area contributed by atoms with Crippen LogP contribution in [0.1, 0.15) is 19.8 Å². The summed E-state index contributed by atoms with van der Waals surface area (Å²) < 4.78 is 2.18. The lowest BCUT2D eigenvalue weighted by Crippen LogP contribution is -2.52. The third-order valence-electron chi connectivity index (χ3n) is 4.12. The van der Waals surface area contributed by atoms with Crippen LogP contribution < -0.4 is 11.2 Å². The zero-order chi connectivity index (χ0) is 17.9. The molecule has 0 aliphatic carbocycles. The Kier molecular flexibility index (Phi) is 6.39. The van der Waals surface area contributed by atoms with Gasteiger partial charge < -0.3 is 10.2 Å². The lowest BCUT2D eigenvalue weighted by molar-refractivity contribution is -0.117. The van der Waals surface area contributed by atoms with E-state index in [1.807, 2.05) is 6.92 Å². The molecule has 9 heteroatoms. The van der Waals surface area contributed by atoms with Crippen molar-refractivity contribution in [3.8, 4) is 0 Å². The maximum atomic E-state index is 12.3. The van der Waals surface area contributed by atoms with Crippen LogP contribution in [-0.2, 0) is 17.9 Å². The third-order valence-corrected chi connectivity index (χ3v) is 4.42. The minimum absolute atomic E-state index is 0.00527. The van der Waals surface area contributed by atoms with Gasteiger partial charge in [-0.1, -0.05) is 13.3 Å². The molecule has 0 fully saturated rings. The average molecular weight is 357 g/mol. The van der Waals surface area contributed by atoms with E-state index in [0.29, 0.717) is 6.42 Å². The molecule has 24 heavy (non-hydrogen) atoms. The molecular weight excluding hydrogens is 334 g/mol. The van der Waals surface area contributed by atoms with Crippen LogP contribution >= 0.6 is 12.6 Å². The molecule has 0 aromatic carbocycles. The van der Waals surface area contributed by atoms with Crippen molar-refractivity contribution in [1.29, 1.82) is 0 Å². The summed E-state index contributed by atoms with van der Waals surface area (Å²) in [4.78, 5) is 37.6. The van der Waals surface area contributed by atoms with Crippen LogP contribution in [0.2, 0.25) is 0 Å². The molecular formula is C15H23N3O5S. The molecule has 3 atom stereocenters. The van der Waals surface area contributed by atoms with Gasteiger partial charge in [-0.05, 0) is 6.42 Å². The van der Waals surface area contributed by atoms with Gasteiger partial charge in [-0.15, -0.1) is 12.6 Å². The van der Waals surface area contributed by atoms with Crippen LogP contribution in [0.3, 0.4) is 0 Å². The topological polar surface area (TPSA) is 105 Å². The van der Waals surface area contributed by atoms with Crippen molar-refractivity contribution < 1.29 is 15.0 Å². The fraction of sp³-hybridized carbons (Fsp3) is 0.667. The normalized spacial score (nSPS) is 23.7. The fourth-order valence-electron chi connectivity index (χ4n) is 3.02. The van der Waals surface area contributed by atoms with Crippen molar-refractivity contribution in [2.75, 3.05) is 13.1 Å². The highest BCUT2D eigenvalue weighted by atomic mass is 32.1. The van der Waals surface area contributed by atoms with E-state index in [-0.39, 0.29) is 31.3 Å². The summed E-state index contributed by atoms with van der Waals surface area (Å²) in [5.41, 5.74) is -1.07. The molecule has 1 aliphatic rings. The predicted octanol–water partition coefficient (Wildman–Crippen LogP) is -1.33. The van der Waals surface area contributed by atoms with Crippen molar-refractivity contribution in [2.45, 2.75) is 51.1 Å². The van der Waals surface area contributed by atoms with Gasteiger partial charge in [0.05, 0.1) is 31.3 Å². The first-order valence-electron chi connectivity index (χ1n) is 7.96. The summed E-state index contributed by atoms with van der Waals surface area (Å²) in [7, 11) is 0. The second-order valence-corrected chi connectivity index (χ2v) is 6.54. The first kappa shape index (κ1) is 18.9. The average Bonchev–Trinajstić information content (AvgIpc) is 2.50. The van der Waals surface area contributed by atoms with Gasteiger partial charge in [0.25, 0.3) is 5.56 Å². The number of carbonyl (C=O) groups excluding carboxylic acids is 1. The summed E-state index contributed by atoms with van der Waals surface area (Å²) >= 11 is 3.92. The monoisotopic (exact) mass is 357 g/mol. The lowest BCUT2D eigenvalue weighted by Gasteiger charge is -2.33. The lowest BCUT2D eigenvalue weighted by atomic mass is 10.1. The number of aromatic nitrogens is 2. The number of nitrogens with zero attached hydrogens (tertiary/aromatic N) is 3. The minimum Gasteiger partial charge on any atom is -0.390 e. The smallest absolute Gasteiger partial charge is 0.331 e. The van der Waals surface area contributed by atoms with Gasteiger partial charge >= 0.3 is 5.69 Å². The van der Waals surface area contributed by atoms with Crippen LogP contribution in [0.5, 0.6) is 0 Å². The summed E-state index contributed by atoms with van der Waals surface area (Å²) in [5.74, 6) is 0. The number of aliphatic hydroxyl groups excluding tert-OH is 2. The Morgan fingerprint density at radius 2 is 1.88 bits per heavy atom. The van der Waals surface area contributed by atoms with E-state index in [4.69, 9.17) is 0 Å². The van der Waals surface area contributed by atoms with Crippen molar-refractivity contribution in [3.05, 3.63) is 33.1 Å². The van der Waals surface area contributed by atoms with Gasteiger partial charge in [-0.3, -0.25) is 23.6 Å². The molecule has 2 heterocycles. The molecule has 134 valence electrons. The van der Waals surface area contributed by atoms with Crippen LogP contribution in [-0.4, -0.2) is 60.7 Å². The van der Waals surface area contributed by atoms with Crippen molar-refractivity contribution >= 4 is 17.7 Å². The van der Waals surface area contributed by atoms with Crippen molar-refractivity contribution in [2.24, 2.45) is 0 Å². The van der Waals surface area contributed by atoms with Gasteiger partial charge in [-0.2, -0.15) is 0 Å². The maximum absolute atomic E-state index is 12.3. The Balaban J connectivity index is 2.36. The third kappa shape index (κ3) is 4.35. The number of hydrogen-bond donors (Lipinski definition) is 3. The Morgan fingerprint density at radius 1 is 1.25 bits per heavy atom. The van der Waals surface area contributed by atoms with Gasteiger partial charge in [0, 0.05) is 25.4 Å². The van der Waals surface area contributed by atoms with Crippen molar-refractivity contribution in [1.82, 2.24) is 14.0 Å². The van der Waals surface area contributed by atoms with E-state index >= 15 is 0 Å². The van der Waals surface area contributed by atoms with Gasteiger partial charge in [0.1, 0.15) is 0 Å². The summed E-state index contributed by atoms with van der Waals surface area (Å²) in [6.07, 6.45) is 0.676. The number of thiol groups is 1. The SMILES string of the molecule is CCCC(C(=O)S)N1CC(O)Cn2ccc(=O)n(c2=O)CC(O)C1. The van der Waals surface area contributed by atoms with Crippen LogP contribution in [0.15, 0.2) is 21.9 Å². The van der Waals surface area contributed by atoms with E-state index in [1.54, 1.807) is 4.90 Å². The predicted molar refractivity (Wildman–Crippen MR) is 91.2 cm³/mol. The van der Waals surface area contributed by atoms with E-state index in [9.17, 15) is 24.6 Å². The van der Waals surface area contributed by atoms with E-state index < -0.39 is 29.5 Å². The first-order chi connectivity index (χ1) is 11.3. The number of rotatable bonds is 4. The largest absolute Gasteiger partial charge is 0.390 e. The number of fused-ring (bicyclic) bond motifs is 2. The molecule has 1 aliphatic heterocycles. The van der Waals surface area contributed by atoms with Crippen LogP contribution in [0, 0.1) is 0 Å². The Morgan fingerprint density at radius 3 is 2.46 bits per heavy atom. The molecule has 1 aromatic heterocycles. The maximum Gasteiger partial charge on any atom is 0.331 e. The van der Waals surface area contributed by atoms with Gasteiger partial charge in [0.15, 0.2) is 0 Å². The van der Waals surface area contributed by atoms with Gasteiger partial charge in [0.2, 0.25) is 5.12 Å². The zero-order valence-electron chi connectivity index (χ0n) is 13.5. The number of aliphatic hydroxyl groups is 2. The fourth-order valence-corrected chi connectivity index (χ4v) is 3.32. The number of hydrogen-bond acceptors (Lipinski definition) is 6. The Labute approximate surface area is 144 Å². The molecule has 1 aromatic rings. The van der Waals surface area contributed by atoms with Crippen LogP contribution in [0.4, 0.5) is 0 Å². The molecule has 2 rings (SSSR count). The quantitative estimate of drug-likeness (QED) is 0.577. The minimum atomic E-state index is -1.02. The van der Waals surface area contributed by atoms with E-state index in [0.717, 1.165) is 11.0 Å². The molecule has 0 radical (unpaired) electrons. The molecule has 3 unspecified atom stereocenters. The molecule has 0 amide bonds. The van der Waals surface area contributed by atoms with E-state index in [1.165, 1.54) is 16.8 Å². The number of carbonyl (C=O) groups is 1. The molecule has 0 saturated heterocycles. The molecule has 2 N–H and O–H groups in total.